The van der Waals surface area contributed by atoms with Crippen LogP contribution in [0, 0.1) is 11.6 Å². The second-order valence-corrected chi connectivity index (χ2v) is 8.59. The molecule has 0 aromatic heterocycles. The summed E-state index contributed by atoms with van der Waals surface area (Å²) >= 11 is 0. The molecule has 0 unspecified atom stereocenters. The van der Waals surface area contributed by atoms with Gasteiger partial charge in [-0.3, -0.25) is 14.4 Å². The van der Waals surface area contributed by atoms with Crippen molar-refractivity contribution in [3.8, 4) is 11.1 Å². The van der Waals surface area contributed by atoms with Crippen LogP contribution >= 0.6 is 0 Å². The standard InChI is InChI=1S/C24H28F2N4O5/c1-24(2,3)35-23(34)30-19(13-20(27)31)22(33)29-11-10-28-21(32)16-12-14(8-9-18(16)26)15-6-4-5-7-17(15)25/h4-9,12,19H,10-11,13H2,1-3H3,(H2,27,31)(H,28,32)(H,29,33)(H,30,34)/t19-/m0/s1. The molecular weight excluding hydrogens is 462 g/mol. The van der Waals surface area contributed by atoms with Gasteiger partial charge < -0.3 is 26.4 Å². The number of halogens is 2. The SMILES string of the molecule is CC(C)(C)OC(=O)N[C@@H](CC(N)=O)C(=O)NCCNC(=O)c1cc(-c2ccccc2F)ccc1F. The van der Waals surface area contributed by atoms with Crippen LogP contribution in [0.1, 0.15) is 37.6 Å². The van der Waals surface area contributed by atoms with E-state index in [0.29, 0.717) is 5.56 Å². The molecule has 2 aromatic rings. The highest BCUT2D eigenvalue weighted by atomic mass is 19.1. The molecule has 0 bridgehead atoms. The smallest absolute Gasteiger partial charge is 0.408 e. The van der Waals surface area contributed by atoms with Crippen molar-refractivity contribution >= 4 is 23.8 Å². The molecule has 0 saturated carbocycles. The van der Waals surface area contributed by atoms with E-state index in [1.54, 1.807) is 26.8 Å². The quantitative estimate of drug-likeness (QED) is 0.399. The number of hydrogen-bond acceptors (Lipinski definition) is 5. The molecule has 188 valence electrons. The first-order chi connectivity index (χ1) is 16.4. The lowest BCUT2D eigenvalue weighted by atomic mass is 10.0. The van der Waals surface area contributed by atoms with Gasteiger partial charge in [0.05, 0.1) is 12.0 Å². The van der Waals surface area contributed by atoms with Crippen LogP contribution in [-0.2, 0) is 14.3 Å². The fourth-order valence-electron chi connectivity index (χ4n) is 3.00. The number of rotatable bonds is 9. The summed E-state index contributed by atoms with van der Waals surface area (Å²) in [5, 5.41) is 7.17. The van der Waals surface area contributed by atoms with Crippen LogP contribution < -0.4 is 21.7 Å². The highest BCUT2D eigenvalue weighted by Crippen LogP contribution is 2.24. The Morgan fingerprint density at radius 2 is 1.63 bits per heavy atom. The third-order valence-corrected chi connectivity index (χ3v) is 4.52. The van der Waals surface area contributed by atoms with Gasteiger partial charge in [0.25, 0.3) is 5.91 Å². The van der Waals surface area contributed by atoms with Crippen LogP contribution in [0.2, 0.25) is 0 Å². The van der Waals surface area contributed by atoms with Crippen molar-refractivity contribution in [2.45, 2.75) is 38.8 Å². The summed E-state index contributed by atoms with van der Waals surface area (Å²) in [6, 6.07) is 8.27. The second-order valence-electron chi connectivity index (χ2n) is 8.59. The Morgan fingerprint density at radius 1 is 0.971 bits per heavy atom. The highest BCUT2D eigenvalue weighted by molar-refractivity contribution is 5.96. The molecule has 2 rings (SSSR count). The fourth-order valence-corrected chi connectivity index (χ4v) is 3.00. The van der Waals surface area contributed by atoms with Crippen molar-refractivity contribution in [1.82, 2.24) is 16.0 Å². The first-order valence-electron chi connectivity index (χ1n) is 10.8. The number of alkyl carbamates (subject to hydrolysis) is 1. The third-order valence-electron chi connectivity index (χ3n) is 4.52. The van der Waals surface area contributed by atoms with Crippen LogP contribution in [0.5, 0.6) is 0 Å². The molecule has 0 heterocycles. The molecule has 0 fully saturated rings. The van der Waals surface area contributed by atoms with Gasteiger partial charge in [-0.1, -0.05) is 24.3 Å². The number of carbonyl (C=O) groups excluding carboxylic acids is 4. The predicted octanol–water partition coefficient (Wildman–Crippen LogP) is 2.25. The Kier molecular flexibility index (Phi) is 9.26. The van der Waals surface area contributed by atoms with Gasteiger partial charge in [-0.25, -0.2) is 13.6 Å². The summed E-state index contributed by atoms with van der Waals surface area (Å²) in [5.74, 6) is -3.62. The van der Waals surface area contributed by atoms with E-state index in [2.05, 4.69) is 16.0 Å². The Hall–Kier alpha value is -4.02. The normalized spacial score (nSPS) is 11.8. The van der Waals surface area contributed by atoms with E-state index < -0.39 is 53.5 Å². The van der Waals surface area contributed by atoms with E-state index in [-0.39, 0.29) is 24.2 Å². The van der Waals surface area contributed by atoms with Crippen molar-refractivity contribution in [1.29, 1.82) is 0 Å². The van der Waals surface area contributed by atoms with E-state index in [0.717, 1.165) is 6.07 Å². The second kappa shape index (κ2) is 11.9. The predicted molar refractivity (Wildman–Crippen MR) is 124 cm³/mol. The molecule has 4 amide bonds. The molecule has 1 atom stereocenters. The molecule has 0 aliphatic heterocycles. The van der Waals surface area contributed by atoms with E-state index in [9.17, 15) is 28.0 Å². The number of nitrogens with two attached hydrogens (primary N) is 1. The van der Waals surface area contributed by atoms with Gasteiger partial charge in [-0.05, 0) is 44.5 Å². The van der Waals surface area contributed by atoms with Crippen molar-refractivity contribution in [3.63, 3.8) is 0 Å². The van der Waals surface area contributed by atoms with Crippen LogP contribution in [-0.4, -0.2) is 48.5 Å². The zero-order chi connectivity index (χ0) is 26.2. The van der Waals surface area contributed by atoms with Gasteiger partial charge in [0, 0.05) is 18.7 Å². The molecule has 5 N–H and O–H groups in total. The minimum absolute atomic E-state index is 0.0928. The van der Waals surface area contributed by atoms with Gasteiger partial charge in [-0.15, -0.1) is 0 Å². The summed E-state index contributed by atoms with van der Waals surface area (Å²) in [7, 11) is 0. The molecule has 35 heavy (non-hydrogen) atoms. The summed E-state index contributed by atoms with van der Waals surface area (Å²) in [4.78, 5) is 48.0. The number of benzene rings is 2. The average Bonchev–Trinajstić information content (AvgIpc) is 2.75. The van der Waals surface area contributed by atoms with Crippen LogP contribution in [0.15, 0.2) is 42.5 Å². The van der Waals surface area contributed by atoms with Crippen molar-refractivity contribution in [2.24, 2.45) is 5.73 Å². The number of hydrogen-bond donors (Lipinski definition) is 4. The average molecular weight is 491 g/mol. The zero-order valence-corrected chi connectivity index (χ0v) is 19.6. The maximum Gasteiger partial charge on any atom is 0.408 e. The minimum Gasteiger partial charge on any atom is -0.444 e. The molecule has 0 spiro atoms. The number of primary amides is 1. The zero-order valence-electron chi connectivity index (χ0n) is 19.6. The Balaban J connectivity index is 1.95. The van der Waals surface area contributed by atoms with Crippen molar-refractivity contribution in [3.05, 3.63) is 59.7 Å². The molecule has 0 radical (unpaired) electrons. The lowest BCUT2D eigenvalue weighted by Crippen LogP contribution is -2.50. The maximum atomic E-state index is 14.2. The fraction of sp³-hybridized carbons (Fsp3) is 0.333. The number of amides is 4. The highest BCUT2D eigenvalue weighted by Gasteiger charge is 2.25. The number of nitrogens with one attached hydrogen (secondary N) is 3. The van der Waals surface area contributed by atoms with Gasteiger partial charge in [0.2, 0.25) is 11.8 Å². The van der Waals surface area contributed by atoms with E-state index in [1.165, 1.54) is 30.3 Å². The maximum absolute atomic E-state index is 14.2. The molecule has 11 heteroatoms. The molecular formula is C24H28F2N4O5. The monoisotopic (exact) mass is 490 g/mol. The van der Waals surface area contributed by atoms with Gasteiger partial charge in [0.1, 0.15) is 23.3 Å². The van der Waals surface area contributed by atoms with Crippen molar-refractivity contribution < 1.29 is 32.7 Å². The van der Waals surface area contributed by atoms with Crippen LogP contribution in [0.25, 0.3) is 11.1 Å². The summed E-state index contributed by atoms with van der Waals surface area (Å²) in [6.07, 6.45) is -1.37. The number of ether oxygens (including phenoxy) is 1. The van der Waals surface area contributed by atoms with Gasteiger partial charge in [0.15, 0.2) is 0 Å². The Bertz CT molecular complexity index is 1100. The molecule has 0 aliphatic rings. The summed E-state index contributed by atoms with van der Waals surface area (Å²) in [6.45, 7) is 4.71. The first-order valence-corrected chi connectivity index (χ1v) is 10.8. The van der Waals surface area contributed by atoms with Crippen LogP contribution in [0.3, 0.4) is 0 Å². The topological polar surface area (TPSA) is 140 Å². The van der Waals surface area contributed by atoms with Gasteiger partial charge >= 0.3 is 6.09 Å². The van der Waals surface area contributed by atoms with E-state index in [1.807, 2.05) is 0 Å². The molecule has 0 aliphatic carbocycles. The number of carbonyl (C=O) groups is 4. The Morgan fingerprint density at radius 3 is 2.26 bits per heavy atom. The molecule has 2 aromatic carbocycles. The van der Waals surface area contributed by atoms with E-state index in [4.69, 9.17) is 10.5 Å². The third kappa shape index (κ3) is 8.69. The lowest BCUT2D eigenvalue weighted by molar-refractivity contribution is -0.127. The van der Waals surface area contributed by atoms with Crippen molar-refractivity contribution in [2.75, 3.05) is 13.1 Å². The summed E-state index contributed by atoms with van der Waals surface area (Å²) in [5.41, 5.74) is 4.57. The molecule has 9 nitrogen and oxygen atoms in total. The summed E-state index contributed by atoms with van der Waals surface area (Å²) < 4.78 is 33.3. The van der Waals surface area contributed by atoms with Crippen LogP contribution in [0.4, 0.5) is 13.6 Å². The minimum atomic E-state index is -1.28. The molecule has 0 saturated heterocycles. The van der Waals surface area contributed by atoms with E-state index >= 15 is 0 Å². The largest absolute Gasteiger partial charge is 0.444 e. The van der Waals surface area contributed by atoms with Gasteiger partial charge in [-0.2, -0.15) is 0 Å². The Labute approximate surface area is 201 Å². The lowest BCUT2D eigenvalue weighted by Gasteiger charge is -2.22. The first kappa shape index (κ1) is 27.2.